The summed E-state index contributed by atoms with van der Waals surface area (Å²) in [5.74, 6) is -0.737. The Morgan fingerprint density at radius 1 is 1.25 bits per heavy atom. The van der Waals surface area contributed by atoms with Crippen molar-refractivity contribution in [3.63, 3.8) is 0 Å². The fourth-order valence-electron chi connectivity index (χ4n) is 3.18. The average molecular weight is 383 g/mol. The molecular weight excluding hydrogens is 362 g/mol. The van der Waals surface area contributed by atoms with E-state index in [9.17, 15) is 14.7 Å². The SMILES string of the molecule is COC(=O)CC(c1cn[nH]c1-c1ccc(OC)cc1)c1c(O)cc(C)[nH]c1=O. The molecule has 3 rings (SSSR count). The highest BCUT2D eigenvalue weighted by Crippen LogP contribution is 2.37. The van der Waals surface area contributed by atoms with Gasteiger partial charge in [-0.3, -0.25) is 14.7 Å². The summed E-state index contributed by atoms with van der Waals surface area (Å²) in [5.41, 5.74) is 2.17. The van der Waals surface area contributed by atoms with E-state index in [0.29, 0.717) is 22.7 Å². The zero-order valence-electron chi connectivity index (χ0n) is 15.8. The van der Waals surface area contributed by atoms with E-state index in [1.54, 1.807) is 32.4 Å². The van der Waals surface area contributed by atoms with Crippen LogP contribution in [0.25, 0.3) is 11.3 Å². The van der Waals surface area contributed by atoms with E-state index in [0.717, 1.165) is 5.56 Å². The third-order valence-corrected chi connectivity index (χ3v) is 4.55. The number of hydrogen-bond donors (Lipinski definition) is 3. The number of H-pyrrole nitrogens is 2. The van der Waals surface area contributed by atoms with E-state index in [1.807, 2.05) is 12.1 Å². The predicted molar refractivity (Wildman–Crippen MR) is 103 cm³/mol. The van der Waals surface area contributed by atoms with Gasteiger partial charge in [-0.15, -0.1) is 0 Å². The number of esters is 1. The first-order valence-corrected chi connectivity index (χ1v) is 8.61. The number of carbonyl (C=O) groups is 1. The minimum absolute atomic E-state index is 0.0900. The van der Waals surface area contributed by atoms with Crippen LogP contribution < -0.4 is 10.3 Å². The molecule has 0 amide bonds. The molecule has 2 heterocycles. The van der Waals surface area contributed by atoms with Gasteiger partial charge in [0.15, 0.2) is 0 Å². The molecule has 2 aromatic heterocycles. The maximum absolute atomic E-state index is 12.6. The molecule has 0 aliphatic rings. The van der Waals surface area contributed by atoms with Gasteiger partial charge in [-0.1, -0.05) is 0 Å². The fraction of sp³-hybridized carbons (Fsp3) is 0.250. The van der Waals surface area contributed by atoms with Gasteiger partial charge in [0.25, 0.3) is 5.56 Å². The molecule has 0 aliphatic carbocycles. The van der Waals surface area contributed by atoms with Gasteiger partial charge in [0.05, 0.1) is 38.1 Å². The predicted octanol–water partition coefficient (Wildman–Crippen LogP) is 2.48. The minimum atomic E-state index is -0.743. The van der Waals surface area contributed by atoms with Gasteiger partial charge in [-0.2, -0.15) is 5.10 Å². The smallest absolute Gasteiger partial charge is 0.306 e. The van der Waals surface area contributed by atoms with Crippen molar-refractivity contribution < 1.29 is 19.4 Å². The summed E-state index contributed by atoms with van der Waals surface area (Å²) in [5, 5.41) is 17.4. The second-order valence-electron chi connectivity index (χ2n) is 6.34. The van der Waals surface area contributed by atoms with Crippen LogP contribution in [0.15, 0.2) is 41.3 Å². The Morgan fingerprint density at radius 3 is 2.57 bits per heavy atom. The highest BCUT2D eigenvalue weighted by Gasteiger charge is 2.28. The molecule has 0 saturated carbocycles. The molecule has 0 aliphatic heterocycles. The molecule has 1 unspecified atom stereocenters. The summed E-state index contributed by atoms with van der Waals surface area (Å²) < 4.78 is 9.98. The second-order valence-corrected chi connectivity index (χ2v) is 6.34. The Morgan fingerprint density at radius 2 is 1.96 bits per heavy atom. The Labute approximate surface area is 161 Å². The summed E-state index contributed by atoms with van der Waals surface area (Å²) in [4.78, 5) is 27.3. The molecule has 146 valence electrons. The van der Waals surface area contributed by atoms with Gasteiger partial charge in [-0.25, -0.2) is 0 Å². The van der Waals surface area contributed by atoms with Crippen molar-refractivity contribution in [2.24, 2.45) is 0 Å². The molecule has 3 aromatic rings. The monoisotopic (exact) mass is 383 g/mol. The largest absolute Gasteiger partial charge is 0.507 e. The van der Waals surface area contributed by atoms with Gasteiger partial charge in [0.1, 0.15) is 11.5 Å². The maximum Gasteiger partial charge on any atom is 0.306 e. The number of aromatic nitrogens is 3. The number of benzene rings is 1. The maximum atomic E-state index is 12.6. The van der Waals surface area contributed by atoms with Gasteiger partial charge in [0.2, 0.25) is 0 Å². The normalized spacial score (nSPS) is 11.8. The van der Waals surface area contributed by atoms with Gasteiger partial charge in [0, 0.05) is 22.7 Å². The molecular formula is C20H21N3O5. The zero-order chi connectivity index (χ0) is 20.3. The van der Waals surface area contributed by atoms with Crippen LogP contribution in [0.5, 0.6) is 11.5 Å². The van der Waals surface area contributed by atoms with E-state index < -0.39 is 17.4 Å². The molecule has 0 radical (unpaired) electrons. The Bertz CT molecular complexity index is 1040. The standard InChI is InChI=1S/C20H21N3O5/c1-11-8-16(24)18(20(26)22-11)14(9-17(25)28-3)15-10-21-23-19(15)12-4-6-13(27-2)7-5-12/h4-8,10,14H,9H2,1-3H3,(H,21,23)(H2,22,24,26). The number of aryl methyl sites for hydroxylation is 1. The lowest BCUT2D eigenvalue weighted by Crippen LogP contribution is -2.21. The number of aromatic amines is 2. The first kappa shape index (κ1) is 19.2. The van der Waals surface area contributed by atoms with Crippen LogP contribution in [0.2, 0.25) is 0 Å². The average Bonchev–Trinajstić information content (AvgIpc) is 3.16. The van der Waals surface area contributed by atoms with Crippen LogP contribution in [0.3, 0.4) is 0 Å². The van der Waals surface area contributed by atoms with E-state index in [4.69, 9.17) is 9.47 Å². The van der Waals surface area contributed by atoms with Crippen molar-refractivity contribution in [2.75, 3.05) is 14.2 Å². The summed E-state index contributed by atoms with van der Waals surface area (Å²) in [6.45, 7) is 1.67. The number of nitrogens with zero attached hydrogens (tertiary/aromatic N) is 1. The zero-order valence-corrected chi connectivity index (χ0v) is 15.8. The van der Waals surface area contributed by atoms with Crippen LogP contribution in [-0.4, -0.2) is 40.5 Å². The Hall–Kier alpha value is -3.55. The van der Waals surface area contributed by atoms with Gasteiger partial charge < -0.3 is 19.6 Å². The number of rotatable bonds is 6. The van der Waals surface area contributed by atoms with E-state index in [1.165, 1.54) is 13.2 Å². The van der Waals surface area contributed by atoms with Crippen molar-refractivity contribution in [1.82, 2.24) is 15.2 Å². The summed E-state index contributed by atoms with van der Waals surface area (Å²) in [6.07, 6.45) is 1.42. The third kappa shape index (κ3) is 3.75. The first-order chi connectivity index (χ1) is 13.4. The van der Waals surface area contributed by atoms with Crippen LogP contribution in [0, 0.1) is 6.92 Å². The minimum Gasteiger partial charge on any atom is -0.507 e. The summed E-state index contributed by atoms with van der Waals surface area (Å²) >= 11 is 0. The molecule has 1 atom stereocenters. The number of hydrogen-bond acceptors (Lipinski definition) is 6. The topological polar surface area (TPSA) is 117 Å². The van der Waals surface area contributed by atoms with E-state index in [-0.39, 0.29) is 17.7 Å². The summed E-state index contributed by atoms with van der Waals surface area (Å²) in [7, 11) is 2.86. The van der Waals surface area contributed by atoms with Gasteiger partial charge in [-0.05, 0) is 37.3 Å². The molecule has 0 fully saturated rings. The van der Waals surface area contributed by atoms with Crippen LogP contribution in [-0.2, 0) is 9.53 Å². The molecule has 0 saturated heterocycles. The number of aromatic hydroxyl groups is 1. The van der Waals surface area contributed by atoms with Crippen molar-refractivity contribution in [3.05, 3.63) is 63.7 Å². The quantitative estimate of drug-likeness (QED) is 0.563. The molecule has 8 heteroatoms. The number of methoxy groups -OCH3 is 2. The number of ether oxygens (including phenoxy) is 2. The van der Waals surface area contributed by atoms with Gasteiger partial charge >= 0.3 is 5.97 Å². The van der Waals surface area contributed by atoms with Crippen molar-refractivity contribution in [3.8, 4) is 22.8 Å². The van der Waals surface area contributed by atoms with Crippen molar-refractivity contribution in [1.29, 1.82) is 0 Å². The highest BCUT2D eigenvalue weighted by atomic mass is 16.5. The first-order valence-electron chi connectivity index (χ1n) is 8.61. The molecule has 0 bridgehead atoms. The highest BCUT2D eigenvalue weighted by molar-refractivity contribution is 5.73. The number of pyridine rings is 1. The van der Waals surface area contributed by atoms with Crippen LogP contribution >= 0.6 is 0 Å². The van der Waals surface area contributed by atoms with Crippen LogP contribution in [0.4, 0.5) is 0 Å². The van der Waals surface area contributed by atoms with Crippen molar-refractivity contribution in [2.45, 2.75) is 19.3 Å². The third-order valence-electron chi connectivity index (χ3n) is 4.55. The Kier molecular flexibility index (Phi) is 5.49. The lowest BCUT2D eigenvalue weighted by atomic mass is 9.87. The molecule has 8 nitrogen and oxygen atoms in total. The fourth-order valence-corrected chi connectivity index (χ4v) is 3.18. The summed E-state index contributed by atoms with van der Waals surface area (Å²) in [6, 6.07) is 8.72. The molecule has 28 heavy (non-hydrogen) atoms. The second kappa shape index (κ2) is 7.99. The molecule has 3 N–H and O–H groups in total. The van der Waals surface area contributed by atoms with Crippen molar-refractivity contribution >= 4 is 5.97 Å². The lowest BCUT2D eigenvalue weighted by molar-refractivity contribution is -0.140. The molecule has 1 aromatic carbocycles. The van der Waals surface area contributed by atoms with E-state index >= 15 is 0 Å². The number of carbonyl (C=O) groups excluding carboxylic acids is 1. The van der Waals surface area contributed by atoms with Crippen LogP contribution in [0.1, 0.15) is 29.2 Å². The lowest BCUT2D eigenvalue weighted by Gasteiger charge is -2.17. The Balaban J connectivity index is 2.14. The molecule has 0 spiro atoms. The number of nitrogens with one attached hydrogen (secondary N) is 2. The van der Waals surface area contributed by atoms with E-state index in [2.05, 4.69) is 15.2 Å².